The Balaban J connectivity index is 1.42. The summed E-state index contributed by atoms with van der Waals surface area (Å²) < 4.78 is 0. The first-order valence-corrected chi connectivity index (χ1v) is 8.62. The molecule has 0 radical (unpaired) electrons. The largest absolute Gasteiger partial charge is 0.355 e. The molecule has 0 spiro atoms. The lowest BCUT2D eigenvalue weighted by Crippen LogP contribution is -2.47. The first kappa shape index (κ1) is 15.0. The van der Waals surface area contributed by atoms with E-state index in [1.165, 1.54) is 19.3 Å². The molecule has 2 aliphatic rings. The summed E-state index contributed by atoms with van der Waals surface area (Å²) in [6, 6.07) is 1.84. The molecule has 2 aromatic rings. The van der Waals surface area contributed by atoms with E-state index in [2.05, 4.69) is 34.9 Å². The third-order valence-corrected chi connectivity index (χ3v) is 4.61. The average molecular weight is 326 g/mol. The first-order valence-electron chi connectivity index (χ1n) is 8.62. The smallest absolute Gasteiger partial charge is 0.247 e. The highest BCUT2D eigenvalue weighted by atomic mass is 15.4. The number of anilines is 3. The van der Waals surface area contributed by atoms with Gasteiger partial charge in [-0.15, -0.1) is 5.10 Å². The van der Waals surface area contributed by atoms with E-state index in [9.17, 15) is 0 Å². The zero-order valence-electron chi connectivity index (χ0n) is 13.8. The molecule has 0 N–H and O–H groups in total. The summed E-state index contributed by atoms with van der Waals surface area (Å²) in [5.74, 6) is 2.47. The normalized spacial score (nSPS) is 18.8. The Kier molecular flexibility index (Phi) is 4.35. The van der Waals surface area contributed by atoms with E-state index in [1.54, 1.807) is 18.6 Å². The van der Waals surface area contributed by atoms with Crippen LogP contribution < -0.4 is 14.7 Å². The lowest BCUT2D eigenvalue weighted by molar-refractivity contribution is 0.569. The Morgan fingerprint density at radius 1 is 0.708 bits per heavy atom. The third kappa shape index (κ3) is 3.22. The Hall–Kier alpha value is -2.51. The fourth-order valence-electron chi connectivity index (χ4n) is 3.26. The summed E-state index contributed by atoms with van der Waals surface area (Å²) in [5.41, 5.74) is 0. The molecule has 8 heteroatoms. The van der Waals surface area contributed by atoms with Crippen molar-refractivity contribution in [3.05, 3.63) is 24.7 Å². The quantitative estimate of drug-likeness (QED) is 0.826. The van der Waals surface area contributed by atoms with E-state index >= 15 is 0 Å². The van der Waals surface area contributed by atoms with Crippen LogP contribution in [0, 0.1) is 0 Å². The van der Waals surface area contributed by atoms with Crippen molar-refractivity contribution in [2.24, 2.45) is 0 Å². The van der Waals surface area contributed by atoms with Crippen LogP contribution in [0.25, 0.3) is 0 Å². The van der Waals surface area contributed by atoms with Crippen molar-refractivity contribution in [3.63, 3.8) is 0 Å². The zero-order valence-corrected chi connectivity index (χ0v) is 13.8. The molecular weight excluding hydrogens is 304 g/mol. The van der Waals surface area contributed by atoms with Gasteiger partial charge in [0.1, 0.15) is 0 Å². The molecule has 0 amide bonds. The minimum absolute atomic E-state index is 0.728. The summed E-state index contributed by atoms with van der Waals surface area (Å²) in [4.78, 5) is 20.1. The van der Waals surface area contributed by atoms with Crippen molar-refractivity contribution in [1.29, 1.82) is 0 Å². The molecular formula is C16H22N8. The van der Waals surface area contributed by atoms with Crippen LogP contribution in [0.5, 0.6) is 0 Å². The van der Waals surface area contributed by atoms with E-state index in [-0.39, 0.29) is 0 Å². The van der Waals surface area contributed by atoms with Gasteiger partial charge in [-0.25, -0.2) is 9.97 Å². The molecule has 0 aromatic carbocycles. The van der Waals surface area contributed by atoms with E-state index in [1.807, 2.05) is 6.07 Å². The maximum Gasteiger partial charge on any atom is 0.247 e. The number of hydrogen-bond donors (Lipinski definition) is 0. The first-order chi connectivity index (χ1) is 11.9. The SMILES string of the molecule is c1cnc(N2CCN(c3nncc(N4CCCCC4)n3)CC2)nc1. The average Bonchev–Trinajstić information content (AvgIpc) is 2.70. The van der Waals surface area contributed by atoms with Crippen LogP contribution in [-0.4, -0.2) is 64.4 Å². The van der Waals surface area contributed by atoms with Gasteiger partial charge in [0, 0.05) is 51.7 Å². The van der Waals surface area contributed by atoms with Gasteiger partial charge in [-0.05, 0) is 25.3 Å². The van der Waals surface area contributed by atoms with Crippen LogP contribution in [-0.2, 0) is 0 Å². The lowest BCUT2D eigenvalue weighted by atomic mass is 10.1. The summed E-state index contributed by atoms with van der Waals surface area (Å²) in [6.45, 7) is 5.56. The predicted octanol–water partition coefficient (Wildman–Crippen LogP) is 0.978. The van der Waals surface area contributed by atoms with Crippen molar-refractivity contribution < 1.29 is 0 Å². The number of piperazine rings is 1. The Bertz CT molecular complexity index is 650. The van der Waals surface area contributed by atoms with Gasteiger partial charge in [0.2, 0.25) is 11.9 Å². The zero-order chi connectivity index (χ0) is 16.2. The second-order valence-electron chi connectivity index (χ2n) is 6.19. The van der Waals surface area contributed by atoms with Crippen LogP contribution in [0.15, 0.2) is 24.7 Å². The molecule has 0 atom stereocenters. The number of rotatable bonds is 3. The number of nitrogens with zero attached hydrogens (tertiary/aromatic N) is 8. The summed E-state index contributed by atoms with van der Waals surface area (Å²) in [6.07, 6.45) is 9.12. The van der Waals surface area contributed by atoms with Gasteiger partial charge in [-0.3, -0.25) is 0 Å². The predicted molar refractivity (Wildman–Crippen MR) is 92.3 cm³/mol. The molecule has 0 aliphatic carbocycles. The van der Waals surface area contributed by atoms with Gasteiger partial charge in [0.15, 0.2) is 5.82 Å². The third-order valence-electron chi connectivity index (χ3n) is 4.61. The van der Waals surface area contributed by atoms with E-state index in [0.717, 1.165) is 57.0 Å². The van der Waals surface area contributed by atoms with Crippen LogP contribution in [0.2, 0.25) is 0 Å². The second kappa shape index (κ2) is 6.94. The topological polar surface area (TPSA) is 74.2 Å². The second-order valence-corrected chi connectivity index (χ2v) is 6.19. The van der Waals surface area contributed by atoms with Crippen LogP contribution >= 0.6 is 0 Å². The van der Waals surface area contributed by atoms with Crippen molar-refractivity contribution in [2.45, 2.75) is 19.3 Å². The van der Waals surface area contributed by atoms with E-state index in [0.29, 0.717) is 0 Å². The molecule has 8 nitrogen and oxygen atoms in total. The monoisotopic (exact) mass is 326 g/mol. The Morgan fingerprint density at radius 2 is 1.38 bits per heavy atom. The highest BCUT2D eigenvalue weighted by Gasteiger charge is 2.22. The summed E-state index contributed by atoms with van der Waals surface area (Å²) in [7, 11) is 0. The van der Waals surface area contributed by atoms with Crippen LogP contribution in [0.1, 0.15) is 19.3 Å². The minimum atomic E-state index is 0.728. The molecule has 0 saturated carbocycles. The van der Waals surface area contributed by atoms with Crippen molar-refractivity contribution in [1.82, 2.24) is 25.1 Å². The standard InChI is InChI=1S/C16H22N8/c1-2-7-22(8-3-1)14-13-19-21-16(20-14)24-11-9-23(10-12-24)15-17-5-4-6-18-15/h4-6,13H,1-3,7-12H2. The van der Waals surface area contributed by atoms with Gasteiger partial charge in [0.25, 0.3) is 0 Å². The Morgan fingerprint density at radius 3 is 2.08 bits per heavy atom. The maximum absolute atomic E-state index is 4.75. The van der Waals surface area contributed by atoms with Crippen molar-refractivity contribution in [2.75, 3.05) is 54.0 Å². The van der Waals surface area contributed by atoms with E-state index < -0.39 is 0 Å². The number of piperidine rings is 1. The number of hydrogen-bond acceptors (Lipinski definition) is 8. The molecule has 2 aromatic heterocycles. The molecule has 0 unspecified atom stereocenters. The molecule has 126 valence electrons. The summed E-state index contributed by atoms with van der Waals surface area (Å²) in [5, 5.41) is 8.42. The molecule has 4 rings (SSSR count). The van der Waals surface area contributed by atoms with Gasteiger partial charge in [-0.2, -0.15) is 10.1 Å². The van der Waals surface area contributed by atoms with Crippen LogP contribution in [0.3, 0.4) is 0 Å². The molecule has 2 fully saturated rings. The van der Waals surface area contributed by atoms with Gasteiger partial charge in [-0.1, -0.05) is 0 Å². The lowest BCUT2D eigenvalue weighted by Gasteiger charge is -2.35. The fraction of sp³-hybridized carbons (Fsp3) is 0.562. The molecule has 4 heterocycles. The Labute approximate surface area is 141 Å². The minimum Gasteiger partial charge on any atom is -0.355 e. The van der Waals surface area contributed by atoms with Gasteiger partial charge < -0.3 is 14.7 Å². The maximum atomic E-state index is 4.75. The highest BCUT2D eigenvalue weighted by Crippen LogP contribution is 2.19. The molecule has 24 heavy (non-hydrogen) atoms. The molecule has 2 saturated heterocycles. The molecule has 0 bridgehead atoms. The number of aromatic nitrogens is 5. The van der Waals surface area contributed by atoms with Gasteiger partial charge >= 0.3 is 0 Å². The van der Waals surface area contributed by atoms with Crippen molar-refractivity contribution in [3.8, 4) is 0 Å². The van der Waals surface area contributed by atoms with Crippen LogP contribution in [0.4, 0.5) is 17.7 Å². The van der Waals surface area contributed by atoms with Crippen molar-refractivity contribution >= 4 is 17.7 Å². The van der Waals surface area contributed by atoms with E-state index in [4.69, 9.17) is 4.98 Å². The highest BCUT2D eigenvalue weighted by molar-refractivity contribution is 5.43. The van der Waals surface area contributed by atoms with Gasteiger partial charge in [0.05, 0.1) is 6.20 Å². The summed E-state index contributed by atoms with van der Waals surface area (Å²) >= 11 is 0. The molecule has 2 aliphatic heterocycles. The fourth-order valence-corrected chi connectivity index (χ4v) is 3.26.